The van der Waals surface area contributed by atoms with Crippen LogP contribution < -0.4 is 5.73 Å². The number of pyridine rings is 1. The summed E-state index contributed by atoms with van der Waals surface area (Å²) in [5.74, 6) is 0. The Morgan fingerprint density at radius 3 is 2.57 bits per heavy atom. The second-order valence-corrected chi connectivity index (χ2v) is 4.16. The van der Waals surface area contributed by atoms with E-state index in [0.717, 1.165) is 15.2 Å². The van der Waals surface area contributed by atoms with Crippen molar-refractivity contribution in [2.75, 3.05) is 0 Å². The van der Waals surface area contributed by atoms with Crippen LogP contribution in [0, 0.1) is 0 Å². The van der Waals surface area contributed by atoms with Crippen LogP contribution in [0.5, 0.6) is 0 Å². The Kier molecular flexibility index (Phi) is 2.48. The molecule has 0 saturated heterocycles. The monoisotopic (exact) mass is 266 g/mol. The maximum Gasteiger partial charge on any atom is 0.123 e. The highest BCUT2D eigenvalue weighted by molar-refractivity contribution is 9.10. The zero-order valence-corrected chi connectivity index (χ0v) is 9.60. The summed E-state index contributed by atoms with van der Waals surface area (Å²) >= 11 is 8.37. The van der Waals surface area contributed by atoms with E-state index >= 15 is 0 Å². The third-order valence-corrected chi connectivity index (χ3v) is 2.81. The van der Waals surface area contributed by atoms with E-state index in [1.54, 1.807) is 6.20 Å². The first-order valence-electron chi connectivity index (χ1n) is 4.03. The number of nitrogens with zero attached hydrogens (tertiary/aromatic N) is 1. The van der Waals surface area contributed by atoms with Crippen LogP contribution in [0.15, 0.2) is 34.9 Å². The summed E-state index contributed by atoms with van der Waals surface area (Å²) in [6.45, 7) is 0. The molecule has 0 fully saturated rings. The summed E-state index contributed by atoms with van der Waals surface area (Å²) in [7, 11) is 0. The SMILES string of the molecule is NC(=S)c1ncc(Br)c2ccccc12. The fourth-order valence-corrected chi connectivity index (χ4v) is 1.97. The molecule has 2 rings (SSSR count). The Bertz CT molecular complexity index is 510. The summed E-state index contributed by atoms with van der Waals surface area (Å²) < 4.78 is 0.952. The first kappa shape index (κ1) is 9.55. The number of benzene rings is 1. The number of fused-ring (bicyclic) bond motifs is 1. The van der Waals surface area contributed by atoms with Gasteiger partial charge in [-0.2, -0.15) is 0 Å². The van der Waals surface area contributed by atoms with Crippen molar-refractivity contribution in [1.82, 2.24) is 4.98 Å². The summed E-state index contributed by atoms with van der Waals surface area (Å²) in [4.78, 5) is 4.52. The Morgan fingerprint density at radius 2 is 1.93 bits per heavy atom. The van der Waals surface area contributed by atoms with Gasteiger partial charge in [0.25, 0.3) is 0 Å². The number of thiocarbonyl (C=S) groups is 1. The van der Waals surface area contributed by atoms with Crippen LogP contribution in [-0.4, -0.2) is 9.97 Å². The van der Waals surface area contributed by atoms with Crippen LogP contribution in [0.2, 0.25) is 0 Å². The number of hydrogen-bond donors (Lipinski definition) is 1. The molecule has 1 aromatic carbocycles. The molecule has 0 aliphatic carbocycles. The molecule has 2 aromatic rings. The van der Waals surface area contributed by atoms with Crippen molar-refractivity contribution in [3.8, 4) is 0 Å². The number of halogens is 1. The minimum Gasteiger partial charge on any atom is -0.388 e. The molecule has 0 atom stereocenters. The third kappa shape index (κ3) is 1.51. The molecule has 0 spiro atoms. The fraction of sp³-hybridized carbons (Fsp3) is 0. The van der Waals surface area contributed by atoms with Gasteiger partial charge in [-0.05, 0) is 21.3 Å². The van der Waals surface area contributed by atoms with Crippen molar-refractivity contribution in [3.63, 3.8) is 0 Å². The summed E-state index contributed by atoms with van der Waals surface area (Å²) in [6.07, 6.45) is 1.72. The van der Waals surface area contributed by atoms with Gasteiger partial charge in [0, 0.05) is 16.1 Å². The largest absolute Gasteiger partial charge is 0.388 e. The minimum atomic E-state index is 0.328. The molecule has 2 N–H and O–H groups in total. The molecule has 14 heavy (non-hydrogen) atoms. The average molecular weight is 267 g/mol. The minimum absolute atomic E-state index is 0.328. The van der Waals surface area contributed by atoms with Crippen molar-refractivity contribution in [3.05, 3.63) is 40.6 Å². The number of rotatable bonds is 1. The summed E-state index contributed by atoms with van der Waals surface area (Å²) in [6, 6.07) is 7.87. The Hall–Kier alpha value is -1.00. The van der Waals surface area contributed by atoms with Gasteiger partial charge in [0.05, 0.1) is 0 Å². The van der Waals surface area contributed by atoms with Gasteiger partial charge in [-0.1, -0.05) is 36.5 Å². The van der Waals surface area contributed by atoms with Gasteiger partial charge >= 0.3 is 0 Å². The van der Waals surface area contributed by atoms with Crippen LogP contribution in [0.3, 0.4) is 0 Å². The second-order valence-electron chi connectivity index (χ2n) is 2.86. The normalized spacial score (nSPS) is 10.4. The van der Waals surface area contributed by atoms with E-state index in [0.29, 0.717) is 10.7 Å². The maximum atomic E-state index is 5.58. The first-order valence-corrected chi connectivity index (χ1v) is 5.23. The summed E-state index contributed by atoms with van der Waals surface area (Å²) in [5, 5.41) is 2.06. The Balaban J connectivity index is 2.88. The average Bonchev–Trinajstić information content (AvgIpc) is 2.18. The molecule has 70 valence electrons. The molecule has 0 saturated carbocycles. The molecule has 0 unspecified atom stereocenters. The number of hydrogen-bond acceptors (Lipinski definition) is 2. The summed E-state index contributed by atoms with van der Waals surface area (Å²) in [5.41, 5.74) is 6.26. The van der Waals surface area contributed by atoms with E-state index in [-0.39, 0.29) is 0 Å². The fourth-order valence-electron chi connectivity index (χ4n) is 1.35. The molecular weight excluding hydrogens is 260 g/mol. The molecule has 0 radical (unpaired) electrons. The number of aromatic nitrogens is 1. The van der Waals surface area contributed by atoms with E-state index in [2.05, 4.69) is 20.9 Å². The van der Waals surface area contributed by atoms with Crippen LogP contribution >= 0.6 is 28.1 Å². The lowest BCUT2D eigenvalue weighted by Crippen LogP contribution is -2.12. The molecule has 0 aliphatic heterocycles. The molecular formula is C10H7BrN2S. The second kappa shape index (κ2) is 3.63. The van der Waals surface area contributed by atoms with E-state index in [4.69, 9.17) is 18.0 Å². The first-order chi connectivity index (χ1) is 6.70. The van der Waals surface area contributed by atoms with Crippen molar-refractivity contribution in [2.45, 2.75) is 0 Å². The quantitative estimate of drug-likeness (QED) is 0.807. The van der Waals surface area contributed by atoms with Crippen LogP contribution in [0.25, 0.3) is 10.8 Å². The van der Waals surface area contributed by atoms with Crippen molar-refractivity contribution >= 4 is 43.9 Å². The van der Waals surface area contributed by atoms with Gasteiger partial charge in [-0.3, -0.25) is 4.98 Å². The lowest BCUT2D eigenvalue weighted by molar-refractivity contribution is 1.31. The molecule has 1 aromatic heterocycles. The van der Waals surface area contributed by atoms with Crippen molar-refractivity contribution < 1.29 is 0 Å². The van der Waals surface area contributed by atoms with Crippen LogP contribution in [0.1, 0.15) is 5.69 Å². The van der Waals surface area contributed by atoms with E-state index < -0.39 is 0 Å². The van der Waals surface area contributed by atoms with Crippen molar-refractivity contribution in [1.29, 1.82) is 0 Å². The van der Waals surface area contributed by atoms with Gasteiger partial charge in [-0.15, -0.1) is 0 Å². The molecule has 0 amide bonds. The molecule has 0 bridgehead atoms. The topological polar surface area (TPSA) is 38.9 Å². The van der Waals surface area contributed by atoms with Gasteiger partial charge in [0.15, 0.2) is 0 Å². The predicted molar refractivity (Wildman–Crippen MR) is 65.3 cm³/mol. The van der Waals surface area contributed by atoms with E-state index in [1.165, 1.54) is 0 Å². The Labute approximate surface area is 95.3 Å². The zero-order valence-electron chi connectivity index (χ0n) is 7.20. The Morgan fingerprint density at radius 1 is 1.29 bits per heavy atom. The van der Waals surface area contributed by atoms with Gasteiger partial charge < -0.3 is 5.73 Å². The molecule has 1 heterocycles. The van der Waals surface area contributed by atoms with Gasteiger partial charge in [-0.25, -0.2) is 0 Å². The highest BCUT2D eigenvalue weighted by Gasteiger charge is 2.06. The maximum absolute atomic E-state index is 5.58. The predicted octanol–water partition coefficient (Wildman–Crippen LogP) is 2.63. The standard InChI is InChI=1S/C10H7BrN2S/c11-8-5-13-9(10(12)14)7-4-2-1-3-6(7)8/h1-5H,(H2,12,14). The number of nitrogens with two attached hydrogens (primary N) is 1. The molecule has 2 nitrogen and oxygen atoms in total. The van der Waals surface area contributed by atoms with Crippen LogP contribution in [0.4, 0.5) is 0 Å². The smallest absolute Gasteiger partial charge is 0.123 e. The van der Waals surface area contributed by atoms with Crippen LogP contribution in [-0.2, 0) is 0 Å². The highest BCUT2D eigenvalue weighted by atomic mass is 79.9. The van der Waals surface area contributed by atoms with E-state index in [9.17, 15) is 0 Å². The lowest BCUT2D eigenvalue weighted by Gasteiger charge is -2.04. The van der Waals surface area contributed by atoms with Crippen molar-refractivity contribution in [2.24, 2.45) is 5.73 Å². The zero-order chi connectivity index (χ0) is 10.1. The van der Waals surface area contributed by atoms with E-state index in [1.807, 2.05) is 24.3 Å². The van der Waals surface area contributed by atoms with Gasteiger partial charge in [0.1, 0.15) is 10.7 Å². The molecule has 4 heteroatoms. The highest BCUT2D eigenvalue weighted by Crippen LogP contribution is 2.24. The lowest BCUT2D eigenvalue weighted by atomic mass is 10.1. The van der Waals surface area contributed by atoms with Gasteiger partial charge in [0.2, 0.25) is 0 Å². The molecule has 0 aliphatic rings. The third-order valence-electron chi connectivity index (χ3n) is 1.98.